The third-order valence-electron chi connectivity index (χ3n) is 7.65. The van der Waals surface area contributed by atoms with Crippen LogP contribution in [0.1, 0.15) is 37.0 Å². The Kier molecular flexibility index (Phi) is 12.1. The van der Waals surface area contributed by atoms with Gasteiger partial charge in [0, 0.05) is 24.0 Å². The van der Waals surface area contributed by atoms with Gasteiger partial charge in [-0.3, -0.25) is 13.9 Å². The number of halogens is 3. The molecule has 0 spiro atoms. The number of carbonyl (C=O) groups is 2. The van der Waals surface area contributed by atoms with Crippen LogP contribution in [0, 0.1) is 6.92 Å². The Hall–Kier alpha value is -3.56. The number of rotatable bonds is 13. The first-order valence-electron chi connectivity index (χ1n) is 14.8. The lowest BCUT2D eigenvalue weighted by Crippen LogP contribution is -2.54. The molecule has 0 aliphatic rings. The average Bonchev–Trinajstić information content (AvgIpc) is 3.04. The van der Waals surface area contributed by atoms with Crippen molar-refractivity contribution < 1.29 is 18.0 Å². The SMILES string of the molecule is CC[C@H](C)NC(=O)[C@@H](Cc1ccccc1)N(Cc1ccccc1Cl)C(=O)CN(c1ccc(Cl)c(Cl)c1)S(=O)(=O)c1ccc(C)cc1. The van der Waals surface area contributed by atoms with Crippen LogP contribution in [-0.4, -0.2) is 43.8 Å². The molecule has 4 rings (SSSR count). The van der Waals surface area contributed by atoms with Crippen molar-refractivity contribution >= 4 is 62.3 Å². The Morgan fingerprint density at radius 2 is 1.48 bits per heavy atom. The zero-order valence-electron chi connectivity index (χ0n) is 25.8. The number of hydrogen-bond donors (Lipinski definition) is 1. The van der Waals surface area contributed by atoms with Crippen molar-refractivity contribution in [1.29, 1.82) is 0 Å². The zero-order valence-corrected chi connectivity index (χ0v) is 28.9. The highest BCUT2D eigenvalue weighted by Crippen LogP contribution is 2.31. The number of carbonyl (C=O) groups excluding carboxylic acids is 2. The van der Waals surface area contributed by atoms with Crippen molar-refractivity contribution in [3.8, 4) is 0 Å². The summed E-state index contributed by atoms with van der Waals surface area (Å²) < 4.78 is 29.3. The number of nitrogens with one attached hydrogen (secondary N) is 1. The zero-order chi connectivity index (χ0) is 33.4. The quantitative estimate of drug-likeness (QED) is 0.155. The molecule has 2 atom stereocenters. The molecule has 0 heterocycles. The maximum absolute atomic E-state index is 14.6. The molecule has 1 N–H and O–H groups in total. The van der Waals surface area contributed by atoms with Crippen LogP contribution < -0.4 is 9.62 Å². The van der Waals surface area contributed by atoms with E-state index >= 15 is 0 Å². The van der Waals surface area contributed by atoms with Crippen molar-refractivity contribution in [3.05, 3.63) is 129 Å². The van der Waals surface area contributed by atoms with E-state index in [9.17, 15) is 18.0 Å². The molecular weight excluding hydrogens is 665 g/mol. The third kappa shape index (κ3) is 8.82. The summed E-state index contributed by atoms with van der Waals surface area (Å²) >= 11 is 19.0. The van der Waals surface area contributed by atoms with Crippen LogP contribution in [0.2, 0.25) is 15.1 Å². The van der Waals surface area contributed by atoms with Crippen molar-refractivity contribution in [2.45, 2.75) is 57.1 Å². The van der Waals surface area contributed by atoms with Gasteiger partial charge in [0.15, 0.2) is 0 Å². The third-order valence-corrected chi connectivity index (χ3v) is 10.5. The summed E-state index contributed by atoms with van der Waals surface area (Å²) in [5.74, 6) is -0.969. The molecule has 0 saturated carbocycles. The van der Waals surface area contributed by atoms with E-state index in [1.165, 1.54) is 35.2 Å². The standard InChI is InChI=1S/C35H36Cl3N3O4S/c1-4-25(3)39-35(43)33(20-26-10-6-5-7-11-26)40(22-27-12-8-9-13-30(27)36)34(42)23-41(28-16-19-31(37)32(38)21-28)46(44,45)29-17-14-24(2)15-18-29/h5-19,21,25,33H,4,20,22-23H2,1-3H3,(H,39,43)/t25-,33+/m0/s1. The number of aryl methyl sites for hydroxylation is 1. The Morgan fingerprint density at radius 1 is 0.826 bits per heavy atom. The predicted molar refractivity (Wildman–Crippen MR) is 186 cm³/mol. The molecule has 46 heavy (non-hydrogen) atoms. The molecule has 4 aromatic rings. The first-order chi connectivity index (χ1) is 21.9. The fourth-order valence-corrected chi connectivity index (χ4v) is 6.71. The minimum absolute atomic E-state index is 0.00928. The number of benzene rings is 4. The lowest BCUT2D eigenvalue weighted by molar-refractivity contribution is -0.140. The largest absolute Gasteiger partial charge is 0.352 e. The highest BCUT2D eigenvalue weighted by Gasteiger charge is 2.35. The van der Waals surface area contributed by atoms with Gasteiger partial charge in [-0.15, -0.1) is 0 Å². The van der Waals surface area contributed by atoms with Crippen molar-refractivity contribution in [2.75, 3.05) is 10.8 Å². The van der Waals surface area contributed by atoms with Crippen molar-refractivity contribution in [1.82, 2.24) is 10.2 Å². The van der Waals surface area contributed by atoms with Crippen LogP contribution in [0.15, 0.2) is 102 Å². The fraction of sp³-hybridized carbons (Fsp3) is 0.257. The molecule has 2 amide bonds. The van der Waals surface area contributed by atoms with E-state index in [4.69, 9.17) is 34.8 Å². The lowest BCUT2D eigenvalue weighted by atomic mass is 10.0. The number of sulfonamides is 1. The van der Waals surface area contributed by atoms with Crippen LogP contribution in [0.5, 0.6) is 0 Å². The molecule has 11 heteroatoms. The second-order valence-electron chi connectivity index (χ2n) is 11.1. The van der Waals surface area contributed by atoms with Gasteiger partial charge in [0.05, 0.1) is 20.6 Å². The molecule has 0 radical (unpaired) electrons. The molecule has 4 aromatic carbocycles. The summed E-state index contributed by atoms with van der Waals surface area (Å²) in [6.07, 6.45) is 0.874. The van der Waals surface area contributed by atoms with Gasteiger partial charge in [0.1, 0.15) is 12.6 Å². The Bertz CT molecular complexity index is 1770. The fourth-order valence-electron chi connectivity index (χ4n) is 4.81. The average molecular weight is 701 g/mol. The predicted octanol–water partition coefficient (Wildman–Crippen LogP) is 7.71. The van der Waals surface area contributed by atoms with Crippen LogP contribution in [0.25, 0.3) is 0 Å². The maximum atomic E-state index is 14.6. The summed E-state index contributed by atoms with van der Waals surface area (Å²) in [7, 11) is -4.28. The van der Waals surface area contributed by atoms with E-state index in [0.29, 0.717) is 17.0 Å². The first-order valence-corrected chi connectivity index (χ1v) is 17.4. The van der Waals surface area contributed by atoms with Crippen LogP contribution >= 0.6 is 34.8 Å². The highest BCUT2D eigenvalue weighted by atomic mass is 35.5. The molecule has 0 aliphatic carbocycles. The van der Waals surface area contributed by atoms with Crippen LogP contribution in [-0.2, 0) is 32.6 Å². The van der Waals surface area contributed by atoms with Gasteiger partial charge in [-0.05, 0) is 67.8 Å². The smallest absolute Gasteiger partial charge is 0.264 e. The second kappa shape index (κ2) is 15.8. The van der Waals surface area contributed by atoms with Gasteiger partial charge in [0.25, 0.3) is 10.0 Å². The number of amides is 2. The van der Waals surface area contributed by atoms with Gasteiger partial charge in [-0.25, -0.2) is 8.42 Å². The Balaban J connectivity index is 1.83. The molecule has 0 saturated heterocycles. The summed E-state index contributed by atoms with van der Waals surface area (Å²) in [6, 6.07) is 25.9. The highest BCUT2D eigenvalue weighted by molar-refractivity contribution is 7.92. The van der Waals surface area contributed by atoms with Crippen LogP contribution in [0.3, 0.4) is 0 Å². The van der Waals surface area contributed by atoms with E-state index in [0.717, 1.165) is 15.4 Å². The summed E-state index contributed by atoms with van der Waals surface area (Å²) in [5, 5.41) is 3.78. The molecule has 0 aromatic heterocycles. The number of hydrogen-bond acceptors (Lipinski definition) is 4. The van der Waals surface area contributed by atoms with Gasteiger partial charge < -0.3 is 10.2 Å². The van der Waals surface area contributed by atoms with E-state index in [1.807, 2.05) is 51.1 Å². The Labute approximate surface area is 286 Å². The van der Waals surface area contributed by atoms with E-state index < -0.39 is 28.5 Å². The monoisotopic (exact) mass is 699 g/mol. The van der Waals surface area contributed by atoms with Crippen molar-refractivity contribution in [2.24, 2.45) is 0 Å². The molecular formula is C35H36Cl3N3O4S. The summed E-state index contributed by atoms with van der Waals surface area (Å²) in [5.41, 5.74) is 2.45. The number of anilines is 1. The number of nitrogens with zero attached hydrogens (tertiary/aromatic N) is 2. The van der Waals surface area contributed by atoms with E-state index in [-0.39, 0.29) is 45.5 Å². The van der Waals surface area contributed by atoms with Gasteiger partial charge in [-0.2, -0.15) is 0 Å². The normalized spacial score (nSPS) is 12.7. The Morgan fingerprint density at radius 3 is 2.11 bits per heavy atom. The first kappa shape index (κ1) is 35.3. The van der Waals surface area contributed by atoms with Gasteiger partial charge in [-0.1, -0.05) is 108 Å². The minimum atomic E-state index is -4.28. The molecule has 7 nitrogen and oxygen atoms in total. The summed E-state index contributed by atoms with van der Waals surface area (Å²) in [6.45, 7) is 5.03. The molecule has 0 bridgehead atoms. The van der Waals surface area contributed by atoms with Crippen molar-refractivity contribution in [3.63, 3.8) is 0 Å². The summed E-state index contributed by atoms with van der Waals surface area (Å²) in [4.78, 5) is 29.9. The van der Waals surface area contributed by atoms with Gasteiger partial charge >= 0.3 is 0 Å². The molecule has 0 unspecified atom stereocenters. The lowest BCUT2D eigenvalue weighted by Gasteiger charge is -2.34. The second-order valence-corrected chi connectivity index (χ2v) is 14.1. The minimum Gasteiger partial charge on any atom is -0.352 e. The molecule has 0 aliphatic heterocycles. The van der Waals surface area contributed by atoms with Gasteiger partial charge in [0.2, 0.25) is 11.8 Å². The topological polar surface area (TPSA) is 86.8 Å². The maximum Gasteiger partial charge on any atom is 0.264 e. The molecule has 0 fully saturated rings. The van der Waals surface area contributed by atoms with E-state index in [2.05, 4.69) is 5.32 Å². The van der Waals surface area contributed by atoms with Crippen LogP contribution in [0.4, 0.5) is 5.69 Å². The van der Waals surface area contributed by atoms with E-state index in [1.54, 1.807) is 36.4 Å². The molecule has 242 valence electrons.